The van der Waals surface area contributed by atoms with Crippen molar-refractivity contribution in [1.82, 2.24) is 49.6 Å². The third-order valence-electron chi connectivity index (χ3n) is 12.0. The monoisotopic (exact) mass is 796 g/mol. The molecule has 0 bridgehead atoms. The van der Waals surface area contributed by atoms with Crippen LogP contribution in [0.5, 0.6) is 0 Å². The van der Waals surface area contributed by atoms with Gasteiger partial charge in [0.05, 0.1) is 58.2 Å². The second-order valence-corrected chi connectivity index (χ2v) is 17.5. The molecule has 2 aliphatic heterocycles. The molecule has 0 aliphatic carbocycles. The Kier molecular flexibility index (Phi) is 8.76. The summed E-state index contributed by atoms with van der Waals surface area (Å²) < 4.78 is 32.0. The normalized spacial score (nSPS) is 21.7. The predicted octanol–water partition coefficient (Wildman–Crippen LogP) is 7.88. The number of halogens is 1. The van der Waals surface area contributed by atoms with Crippen molar-refractivity contribution in [3.63, 3.8) is 0 Å². The van der Waals surface area contributed by atoms with Gasteiger partial charge >= 0.3 is 0 Å². The van der Waals surface area contributed by atoms with E-state index in [0.717, 1.165) is 82.1 Å². The largest absolute Gasteiger partial charge is 0.372 e. The van der Waals surface area contributed by atoms with Crippen molar-refractivity contribution in [2.75, 3.05) is 36.0 Å². The first-order chi connectivity index (χ1) is 28.3. The summed E-state index contributed by atoms with van der Waals surface area (Å²) in [6, 6.07) is 17.7. The molecule has 8 heterocycles. The molecule has 6 aromatic heterocycles. The Bertz CT molecular complexity index is 2870. The molecule has 14 nitrogen and oxygen atoms in total. The number of aromatic amines is 2. The van der Waals surface area contributed by atoms with E-state index in [9.17, 15) is 0 Å². The fourth-order valence-electron chi connectivity index (χ4n) is 9.34. The molecule has 2 aromatic carbocycles. The van der Waals surface area contributed by atoms with Gasteiger partial charge in [0.2, 0.25) is 0 Å². The highest BCUT2D eigenvalue weighted by Crippen LogP contribution is 2.38. The van der Waals surface area contributed by atoms with E-state index < -0.39 is 11.2 Å². The average Bonchev–Trinajstić information content (AvgIpc) is 4.00. The van der Waals surface area contributed by atoms with Gasteiger partial charge in [-0.15, -0.1) is 10.2 Å². The highest BCUT2D eigenvalue weighted by Gasteiger charge is 2.42. The van der Waals surface area contributed by atoms with Gasteiger partial charge in [0.1, 0.15) is 17.5 Å². The second-order valence-electron chi connectivity index (χ2n) is 17.5. The highest BCUT2D eigenvalue weighted by molar-refractivity contribution is 5.87. The Morgan fingerprint density at radius 3 is 2.22 bits per heavy atom. The summed E-state index contributed by atoms with van der Waals surface area (Å²) in [5.74, 6) is 1.49. The molecule has 4 atom stereocenters. The average molecular weight is 797 g/mol. The third-order valence-corrected chi connectivity index (χ3v) is 12.0. The number of benzene rings is 2. The molecule has 15 heteroatoms. The highest BCUT2D eigenvalue weighted by atomic mass is 19.1. The molecule has 10 rings (SSSR count). The molecule has 0 saturated carbocycles. The summed E-state index contributed by atoms with van der Waals surface area (Å²) in [6.07, 6.45) is 5.52. The zero-order valence-corrected chi connectivity index (χ0v) is 34.5. The zero-order valence-electron chi connectivity index (χ0n) is 34.5. The van der Waals surface area contributed by atoms with Gasteiger partial charge in [0.25, 0.3) is 0 Å². The number of anilines is 2. The summed E-state index contributed by atoms with van der Waals surface area (Å²) in [4.78, 5) is 13.8. The standard InChI is InChI=1S/C44H49FN12O2/c1-25(42-32-16-29(8-9-34(32)49-51-42)36-19-46-38-10-12-40(52-56(36)38)54-21-26(2)58-27(3)22-54)14-15-44(7)24-55(23-43(5,6)59-44)41-13-11-39-47-20-37(57(39)53-41)31-17-30-28(4)48-50-35(30)18-33(31)45/h8-13,16-20,25-27H,14-15,21-24H2,1-7H3,(H,48,50)(H,49,51)/t25?,26-,27+,44?. The molecular formula is C44H49FN12O2. The number of aromatic nitrogens is 10. The molecule has 2 aliphatic rings. The lowest BCUT2D eigenvalue weighted by Gasteiger charge is -2.49. The van der Waals surface area contributed by atoms with Crippen molar-refractivity contribution in [2.24, 2.45) is 0 Å². The van der Waals surface area contributed by atoms with Gasteiger partial charge in [0.15, 0.2) is 11.3 Å². The van der Waals surface area contributed by atoms with Crippen LogP contribution >= 0.6 is 0 Å². The van der Waals surface area contributed by atoms with E-state index in [2.05, 4.69) is 89.8 Å². The number of rotatable bonds is 8. The number of hydrogen-bond donors (Lipinski definition) is 2. The van der Waals surface area contributed by atoms with Gasteiger partial charge in [0, 0.05) is 65.5 Å². The quantitative estimate of drug-likeness (QED) is 0.156. The van der Waals surface area contributed by atoms with Crippen molar-refractivity contribution in [2.45, 2.75) is 90.6 Å². The molecule has 2 unspecified atom stereocenters. The van der Waals surface area contributed by atoms with Gasteiger partial charge < -0.3 is 19.3 Å². The summed E-state index contributed by atoms with van der Waals surface area (Å²) in [5, 5.41) is 27.3. The minimum Gasteiger partial charge on any atom is -0.372 e. The second kappa shape index (κ2) is 13.8. The fraction of sp³-hybridized carbons (Fsp3) is 0.409. The smallest absolute Gasteiger partial charge is 0.154 e. The molecule has 2 fully saturated rings. The maximum atomic E-state index is 15.5. The van der Waals surface area contributed by atoms with Crippen molar-refractivity contribution >= 4 is 44.7 Å². The summed E-state index contributed by atoms with van der Waals surface area (Å²) >= 11 is 0. The van der Waals surface area contributed by atoms with Crippen LogP contribution in [0.3, 0.4) is 0 Å². The van der Waals surface area contributed by atoms with Crippen LogP contribution in [0.1, 0.15) is 71.7 Å². The number of H-pyrrole nitrogens is 2. The van der Waals surface area contributed by atoms with Gasteiger partial charge in [-0.3, -0.25) is 10.2 Å². The minimum absolute atomic E-state index is 0.136. The SMILES string of the molecule is Cc1[nH]nc2cc(F)c(-c3cnc4ccc(N5CC(C)(C)OC(C)(CCC(C)c6[nH]nc7ccc(-c8cnc9ccc(N%10C[C@@H](C)O[C@@H](C)C%10)nn89)cc67)C5)nn34)cc12. The van der Waals surface area contributed by atoms with Crippen LogP contribution in [0.25, 0.3) is 55.6 Å². The minimum atomic E-state index is -0.475. The molecular weight excluding hydrogens is 748 g/mol. The summed E-state index contributed by atoms with van der Waals surface area (Å²) in [6.45, 7) is 17.7. The Morgan fingerprint density at radius 2 is 1.47 bits per heavy atom. The Morgan fingerprint density at radius 1 is 0.797 bits per heavy atom. The maximum Gasteiger partial charge on any atom is 0.154 e. The van der Waals surface area contributed by atoms with E-state index in [4.69, 9.17) is 29.8 Å². The Hall–Kier alpha value is -5.93. The van der Waals surface area contributed by atoms with Crippen LogP contribution in [0, 0.1) is 12.7 Å². The number of fused-ring (bicyclic) bond motifs is 4. The van der Waals surface area contributed by atoms with Gasteiger partial charge in [-0.25, -0.2) is 23.4 Å². The zero-order chi connectivity index (χ0) is 40.8. The molecule has 8 aromatic rings. The lowest BCUT2D eigenvalue weighted by atomic mass is 9.88. The van der Waals surface area contributed by atoms with Crippen LogP contribution in [0.4, 0.5) is 16.0 Å². The van der Waals surface area contributed by atoms with Crippen LogP contribution in [0.15, 0.2) is 67.0 Å². The number of aryl methyl sites for hydroxylation is 1. The number of nitrogens with one attached hydrogen (secondary N) is 2. The Balaban J connectivity index is 0.893. The fourth-order valence-corrected chi connectivity index (χ4v) is 9.34. The van der Waals surface area contributed by atoms with Crippen LogP contribution in [-0.4, -0.2) is 99.2 Å². The van der Waals surface area contributed by atoms with Crippen molar-refractivity contribution < 1.29 is 13.9 Å². The molecule has 0 amide bonds. The van der Waals surface area contributed by atoms with Crippen molar-refractivity contribution in [3.05, 3.63) is 84.2 Å². The number of hydrogen-bond acceptors (Lipinski definition) is 10. The number of nitrogens with zero attached hydrogens (tertiary/aromatic N) is 10. The molecule has 2 N–H and O–H groups in total. The number of ether oxygens (including phenoxy) is 2. The lowest BCUT2D eigenvalue weighted by molar-refractivity contribution is -0.147. The topological polar surface area (TPSA) is 143 Å². The predicted molar refractivity (Wildman–Crippen MR) is 226 cm³/mol. The maximum absolute atomic E-state index is 15.5. The van der Waals surface area contributed by atoms with E-state index in [1.54, 1.807) is 10.7 Å². The van der Waals surface area contributed by atoms with Crippen LogP contribution < -0.4 is 9.80 Å². The third kappa shape index (κ3) is 6.75. The van der Waals surface area contributed by atoms with E-state index >= 15 is 4.39 Å². The number of morpholine rings is 2. The van der Waals surface area contributed by atoms with Crippen LogP contribution in [0.2, 0.25) is 0 Å². The van der Waals surface area contributed by atoms with Crippen molar-refractivity contribution in [3.8, 4) is 22.5 Å². The molecule has 0 radical (unpaired) electrons. The van der Waals surface area contributed by atoms with Crippen LogP contribution in [-0.2, 0) is 9.47 Å². The number of imidazole rings is 2. The molecule has 59 heavy (non-hydrogen) atoms. The van der Waals surface area contributed by atoms with E-state index in [1.807, 2.05) is 48.0 Å². The Labute approximate surface area is 340 Å². The first kappa shape index (κ1) is 37.3. The van der Waals surface area contributed by atoms with Gasteiger partial charge in [-0.1, -0.05) is 13.0 Å². The first-order valence-corrected chi connectivity index (χ1v) is 20.5. The summed E-state index contributed by atoms with van der Waals surface area (Å²) in [7, 11) is 0. The van der Waals surface area contributed by atoms with Gasteiger partial charge in [-0.05, 0) is 103 Å². The molecule has 304 valence electrons. The van der Waals surface area contributed by atoms with E-state index in [1.165, 1.54) is 6.07 Å². The van der Waals surface area contributed by atoms with Crippen molar-refractivity contribution in [1.29, 1.82) is 0 Å². The van der Waals surface area contributed by atoms with Gasteiger partial charge in [-0.2, -0.15) is 10.2 Å². The van der Waals surface area contributed by atoms with E-state index in [0.29, 0.717) is 35.5 Å². The lowest BCUT2D eigenvalue weighted by Crippen LogP contribution is -2.58. The molecule has 2 saturated heterocycles. The van der Waals surface area contributed by atoms with E-state index in [-0.39, 0.29) is 23.9 Å². The summed E-state index contributed by atoms with van der Waals surface area (Å²) in [5.41, 5.74) is 6.96. The first-order valence-electron chi connectivity index (χ1n) is 20.5. The molecule has 0 spiro atoms.